The van der Waals surface area contributed by atoms with Crippen molar-refractivity contribution in [1.29, 1.82) is 0 Å². The summed E-state index contributed by atoms with van der Waals surface area (Å²) in [6.45, 7) is 1.48. The Labute approximate surface area is 220 Å². The second kappa shape index (κ2) is 10.8. The van der Waals surface area contributed by atoms with Crippen LogP contribution < -0.4 is 20.3 Å². The molecule has 0 aliphatic carbocycles. The van der Waals surface area contributed by atoms with Crippen LogP contribution in [0.1, 0.15) is 11.1 Å². The molecule has 4 rings (SSSR count). The number of aryl methyl sites for hydroxylation is 1. The molecule has 5 amide bonds. The van der Waals surface area contributed by atoms with Gasteiger partial charge in [-0.05, 0) is 66.6 Å². The van der Waals surface area contributed by atoms with Crippen LogP contribution in [0, 0.1) is 12.7 Å². The van der Waals surface area contributed by atoms with E-state index in [1.807, 2.05) is 19.1 Å². The quantitative estimate of drug-likeness (QED) is 0.332. The van der Waals surface area contributed by atoms with Crippen LogP contribution in [0.4, 0.5) is 20.6 Å². The lowest BCUT2D eigenvalue weighted by atomic mass is 10.1. The van der Waals surface area contributed by atoms with Crippen molar-refractivity contribution in [1.82, 2.24) is 5.32 Å². The van der Waals surface area contributed by atoms with Gasteiger partial charge >= 0.3 is 6.03 Å². The summed E-state index contributed by atoms with van der Waals surface area (Å²) in [6.07, 6.45) is 1.20. The second-order valence-electron chi connectivity index (χ2n) is 7.90. The van der Waals surface area contributed by atoms with E-state index < -0.39 is 29.6 Å². The predicted molar refractivity (Wildman–Crippen MR) is 137 cm³/mol. The normalized spacial score (nSPS) is 14.5. The average Bonchev–Trinajstić information content (AvgIpc) is 2.84. The molecule has 1 heterocycles. The van der Waals surface area contributed by atoms with E-state index in [4.69, 9.17) is 27.9 Å². The first-order chi connectivity index (χ1) is 17.6. The number of hydrogen-bond donors (Lipinski definition) is 2. The van der Waals surface area contributed by atoms with Crippen molar-refractivity contribution in [2.24, 2.45) is 0 Å². The third-order valence-corrected chi connectivity index (χ3v) is 5.85. The average molecular weight is 542 g/mol. The summed E-state index contributed by atoms with van der Waals surface area (Å²) >= 11 is 12.6. The van der Waals surface area contributed by atoms with E-state index >= 15 is 0 Å². The van der Waals surface area contributed by atoms with Crippen LogP contribution in [-0.4, -0.2) is 30.4 Å². The maximum atomic E-state index is 13.3. The first-order valence-electron chi connectivity index (χ1n) is 10.8. The first-order valence-corrected chi connectivity index (χ1v) is 11.5. The highest BCUT2D eigenvalue weighted by Gasteiger charge is 2.36. The van der Waals surface area contributed by atoms with Gasteiger partial charge in [-0.3, -0.25) is 19.7 Å². The summed E-state index contributed by atoms with van der Waals surface area (Å²) in [5.74, 6) is -2.79. The van der Waals surface area contributed by atoms with Crippen molar-refractivity contribution in [3.8, 4) is 5.75 Å². The zero-order valence-corrected chi connectivity index (χ0v) is 20.7. The molecular weight excluding hydrogens is 524 g/mol. The number of halogens is 3. The van der Waals surface area contributed by atoms with Gasteiger partial charge in [0.25, 0.3) is 17.7 Å². The molecule has 0 radical (unpaired) electrons. The molecule has 3 aromatic rings. The van der Waals surface area contributed by atoms with Gasteiger partial charge < -0.3 is 10.1 Å². The molecule has 3 aromatic carbocycles. The van der Waals surface area contributed by atoms with Gasteiger partial charge in [0.05, 0.1) is 15.7 Å². The number of urea groups is 1. The summed E-state index contributed by atoms with van der Waals surface area (Å²) in [5, 5.41) is 4.85. The minimum Gasteiger partial charge on any atom is -0.481 e. The standard InChI is InChI=1S/C26H18Cl2FN3O5/c1-14-4-2-3-5-21(14)30-22(33)13-37-23-19(27)11-15(12-20(23)28)10-18-24(34)31-26(36)32(25(18)35)17-8-6-16(29)7-9-17/h2-12H,13H2,1H3,(H,30,33)(H,31,34,36)/b18-10+. The van der Waals surface area contributed by atoms with Gasteiger partial charge in [0.15, 0.2) is 12.4 Å². The lowest BCUT2D eigenvalue weighted by Crippen LogP contribution is -2.54. The van der Waals surface area contributed by atoms with Crippen LogP contribution in [0.2, 0.25) is 10.0 Å². The summed E-state index contributed by atoms with van der Waals surface area (Å²) in [5.41, 5.74) is 1.48. The van der Waals surface area contributed by atoms with Gasteiger partial charge in [0, 0.05) is 5.69 Å². The fourth-order valence-corrected chi connectivity index (χ4v) is 4.10. The molecule has 1 fully saturated rings. The molecule has 1 saturated heterocycles. The number of amides is 5. The van der Waals surface area contributed by atoms with Gasteiger partial charge in [-0.2, -0.15) is 0 Å². The lowest BCUT2D eigenvalue weighted by molar-refractivity contribution is -0.122. The highest BCUT2D eigenvalue weighted by atomic mass is 35.5. The molecule has 0 aromatic heterocycles. The molecule has 37 heavy (non-hydrogen) atoms. The Bertz CT molecular complexity index is 1430. The smallest absolute Gasteiger partial charge is 0.335 e. The molecule has 0 spiro atoms. The van der Waals surface area contributed by atoms with E-state index in [0.717, 1.165) is 17.7 Å². The van der Waals surface area contributed by atoms with E-state index in [-0.39, 0.29) is 39.2 Å². The number of nitrogens with zero attached hydrogens (tertiary/aromatic N) is 1. The largest absolute Gasteiger partial charge is 0.481 e. The Hall–Kier alpha value is -4.21. The Morgan fingerprint density at radius 3 is 2.35 bits per heavy atom. The first kappa shape index (κ1) is 25.9. The van der Waals surface area contributed by atoms with Crippen LogP contribution in [0.25, 0.3) is 6.08 Å². The molecule has 0 saturated carbocycles. The molecule has 0 bridgehead atoms. The molecule has 1 aliphatic heterocycles. The molecule has 11 heteroatoms. The fraction of sp³-hybridized carbons (Fsp3) is 0.0769. The Balaban J connectivity index is 1.53. The van der Waals surface area contributed by atoms with E-state index in [1.165, 1.54) is 30.3 Å². The number of carbonyl (C=O) groups excluding carboxylic acids is 4. The van der Waals surface area contributed by atoms with E-state index in [9.17, 15) is 23.6 Å². The summed E-state index contributed by atoms with van der Waals surface area (Å²) < 4.78 is 18.8. The minimum absolute atomic E-state index is 0.0261. The molecule has 2 N–H and O–H groups in total. The SMILES string of the molecule is Cc1ccccc1NC(=O)COc1c(Cl)cc(/C=C2\C(=O)NC(=O)N(c3ccc(F)cc3)C2=O)cc1Cl. The molecule has 0 atom stereocenters. The number of barbiturate groups is 1. The van der Waals surface area contributed by atoms with Gasteiger partial charge in [-0.1, -0.05) is 41.4 Å². The van der Waals surface area contributed by atoms with Crippen molar-refractivity contribution in [3.05, 3.63) is 93.2 Å². The maximum Gasteiger partial charge on any atom is 0.335 e. The van der Waals surface area contributed by atoms with Crippen molar-refractivity contribution in [2.45, 2.75) is 6.92 Å². The molecule has 8 nitrogen and oxygen atoms in total. The number of rotatable bonds is 6. The maximum absolute atomic E-state index is 13.3. The number of imide groups is 2. The Morgan fingerprint density at radius 2 is 1.70 bits per heavy atom. The van der Waals surface area contributed by atoms with Crippen LogP contribution in [0.5, 0.6) is 5.75 Å². The monoisotopic (exact) mass is 541 g/mol. The van der Waals surface area contributed by atoms with Crippen molar-refractivity contribution in [3.63, 3.8) is 0 Å². The van der Waals surface area contributed by atoms with E-state index in [1.54, 1.807) is 12.1 Å². The number of nitrogens with one attached hydrogen (secondary N) is 2. The highest BCUT2D eigenvalue weighted by molar-refractivity contribution is 6.40. The molecule has 1 aliphatic rings. The Morgan fingerprint density at radius 1 is 1.05 bits per heavy atom. The lowest BCUT2D eigenvalue weighted by Gasteiger charge is -2.26. The van der Waals surface area contributed by atoms with Crippen LogP contribution in [-0.2, 0) is 14.4 Å². The Kier molecular flexibility index (Phi) is 7.56. The highest BCUT2D eigenvalue weighted by Crippen LogP contribution is 2.35. The third-order valence-electron chi connectivity index (χ3n) is 5.28. The molecular formula is C26H18Cl2FN3O5. The molecule has 0 unspecified atom stereocenters. The fourth-order valence-electron chi connectivity index (χ4n) is 3.49. The summed E-state index contributed by atoms with van der Waals surface area (Å²) in [6, 6.07) is 13.7. The number of benzene rings is 3. The van der Waals surface area contributed by atoms with E-state index in [0.29, 0.717) is 10.6 Å². The number of para-hydroxylation sites is 1. The van der Waals surface area contributed by atoms with Gasteiger partial charge in [0.2, 0.25) is 0 Å². The summed E-state index contributed by atoms with van der Waals surface area (Å²) in [7, 11) is 0. The van der Waals surface area contributed by atoms with E-state index in [2.05, 4.69) is 10.6 Å². The van der Waals surface area contributed by atoms with Crippen molar-refractivity contribution >= 4 is 64.4 Å². The van der Waals surface area contributed by atoms with Gasteiger partial charge in [-0.25, -0.2) is 14.1 Å². The van der Waals surface area contributed by atoms with Gasteiger partial charge in [-0.15, -0.1) is 0 Å². The van der Waals surface area contributed by atoms with Crippen molar-refractivity contribution < 1.29 is 28.3 Å². The number of hydrogen-bond acceptors (Lipinski definition) is 5. The number of carbonyl (C=O) groups is 4. The van der Waals surface area contributed by atoms with Gasteiger partial charge in [0.1, 0.15) is 11.4 Å². The van der Waals surface area contributed by atoms with Crippen LogP contribution in [0.3, 0.4) is 0 Å². The number of ether oxygens (including phenoxy) is 1. The minimum atomic E-state index is -0.970. The zero-order chi connectivity index (χ0) is 26.7. The zero-order valence-electron chi connectivity index (χ0n) is 19.2. The van der Waals surface area contributed by atoms with Crippen LogP contribution >= 0.6 is 23.2 Å². The topological polar surface area (TPSA) is 105 Å². The third kappa shape index (κ3) is 5.79. The predicted octanol–water partition coefficient (Wildman–Crippen LogP) is 5.12. The molecule has 188 valence electrons. The second-order valence-corrected chi connectivity index (χ2v) is 8.71. The van der Waals surface area contributed by atoms with Crippen molar-refractivity contribution in [2.75, 3.05) is 16.8 Å². The van der Waals surface area contributed by atoms with Crippen LogP contribution in [0.15, 0.2) is 66.2 Å². The summed E-state index contributed by atoms with van der Waals surface area (Å²) in [4.78, 5) is 50.6. The number of anilines is 2.